The highest BCUT2D eigenvalue weighted by atomic mass is 19.4. The zero-order valence-electron chi connectivity index (χ0n) is 14.0. The van der Waals surface area contributed by atoms with Crippen LogP contribution in [-0.2, 0) is 17.6 Å². The summed E-state index contributed by atoms with van der Waals surface area (Å²) in [4.78, 5) is 22.4. The first-order chi connectivity index (χ1) is 12.7. The lowest BCUT2D eigenvalue weighted by molar-refractivity contribution is -0.137. The molecule has 0 saturated heterocycles. The number of primary amides is 1. The van der Waals surface area contributed by atoms with E-state index in [1.54, 1.807) is 0 Å². The number of benzene rings is 2. The Morgan fingerprint density at radius 2 is 1.74 bits per heavy atom. The number of nitrogens with one attached hydrogen (secondary N) is 1. The van der Waals surface area contributed by atoms with Crippen LogP contribution in [0, 0.1) is 5.82 Å². The minimum absolute atomic E-state index is 0.0267. The highest BCUT2D eigenvalue weighted by Gasteiger charge is 2.29. The number of hydrogen-bond acceptors (Lipinski definition) is 3. The minimum Gasteiger partial charge on any atom is -0.486 e. The van der Waals surface area contributed by atoms with E-state index in [9.17, 15) is 27.2 Å². The summed E-state index contributed by atoms with van der Waals surface area (Å²) in [5.74, 6) is -2.11. The molecule has 5 nitrogen and oxygen atoms in total. The number of nitrogens with two attached hydrogens (primary N) is 1. The monoisotopic (exact) mass is 384 g/mol. The van der Waals surface area contributed by atoms with Gasteiger partial charge in [0.05, 0.1) is 5.56 Å². The van der Waals surface area contributed by atoms with Crippen LogP contribution in [0.15, 0.2) is 42.5 Å². The summed E-state index contributed by atoms with van der Waals surface area (Å²) in [6, 6.07) is 7.82. The van der Waals surface area contributed by atoms with E-state index in [-0.39, 0.29) is 30.9 Å². The van der Waals surface area contributed by atoms with Gasteiger partial charge in [-0.05, 0) is 35.9 Å². The minimum atomic E-state index is -4.43. The van der Waals surface area contributed by atoms with Crippen molar-refractivity contribution in [3.63, 3.8) is 0 Å². The van der Waals surface area contributed by atoms with Crippen molar-refractivity contribution in [1.29, 1.82) is 0 Å². The molecule has 9 heteroatoms. The first-order valence-electron chi connectivity index (χ1n) is 7.82. The smallest absolute Gasteiger partial charge is 0.416 e. The Labute approximate surface area is 152 Å². The van der Waals surface area contributed by atoms with Crippen molar-refractivity contribution >= 4 is 11.8 Å². The fourth-order valence-electron chi connectivity index (χ4n) is 2.11. The Bertz CT molecular complexity index is 820. The van der Waals surface area contributed by atoms with E-state index in [1.807, 2.05) is 0 Å². The lowest BCUT2D eigenvalue weighted by atomic mass is 10.1. The van der Waals surface area contributed by atoms with Crippen LogP contribution in [0.2, 0.25) is 0 Å². The topological polar surface area (TPSA) is 81.4 Å². The molecule has 0 aromatic heterocycles. The van der Waals surface area contributed by atoms with Crippen LogP contribution in [-0.4, -0.2) is 18.4 Å². The second kappa shape index (κ2) is 8.52. The Morgan fingerprint density at radius 3 is 2.30 bits per heavy atom. The first-order valence-corrected chi connectivity index (χ1v) is 7.82. The lowest BCUT2D eigenvalue weighted by Crippen LogP contribution is -2.27. The Hall–Kier alpha value is -3.10. The van der Waals surface area contributed by atoms with Crippen LogP contribution in [0.1, 0.15) is 27.9 Å². The van der Waals surface area contributed by atoms with E-state index in [0.29, 0.717) is 5.56 Å². The van der Waals surface area contributed by atoms with Gasteiger partial charge < -0.3 is 15.8 Å². The fourth-order valence-corrected chi connectivity index (χ4v) is 2.11. The molecule has 27 heavy (non-hydrogen) atoms. The Balaban J connectivity index is 1.95. The third-order valence-electron chi connectivity index (χ3n) is 3.53. The third-order valence-corrected chi connectivity index (χ3v) is 3.53. The van der Waals surface area contributed by atoms with Crippen molar-refractivity contribution in [3.05, 3.63) is 65.0 Å². The molecular formula is C18H16F4N2O3. The highest BCUT2D eigenvalue weighted by Crippen LogP contribution is 2.29. The molecule has 3 N–H and O–H groups in total. The molecule has 2 aromatic rings. The maximum absolute atomic E-state index is 14.1. The number of amides is 2. The molecule has 2 aromatic carbocycles. The number of halogens is 4. The van der Waals surface area contributed by atoms with Crippen LogP contribution in [0.4, 0.5) is 17.6 Å². The normalized spacial score (nSPS) is 11.1. The fraction of sp³-hybridized carbons (Fsp3) is 0.222. The average molecular weight is 384 g/mol. The zero-order chi connectivity index (χ0) is 20.0. The van der Waals surface area contributed by atoms with Gasteiger partial charge in [-0.15, -0.1) is 0 Å². The molecule has 0 aliphatic carbocycles. The van der Waals surface area contributed by atoms with Crippen molar-refractivity contribution < 1.29 is 31.9 Å². The SMILES string of the molecule is NC(=O)CCNC(=O)c1ccc(OCc2ccc(C(F)(F)F)cc2)c(F)c1. The number of alkyl halides is 3. The summed E-state index contributed by atoms with van der Waals surface area (Å²) in [5, 5.41) is 2.41. The second-order valence-corrected chi connectivity index (χ2v) is 5.60. The molecule has 2 amide bonds. The molecule has 0 radical (unpaired) electrons. The van der Waals surface area contributed by atoms with Gasteiger partial charge in [0.2, 0.25) is 5.91 Å². The van der Waals surface area contributed by atoms with Gasteiger partial charge in [-0.1, -0.05) is 12.1 Å². The number of hydrogen-bond donors (Lipinski definition) is 2. The summed E-state index contributed by atoms with van der Waals surface area (Å²) in [7, 11) is 0. The predicted octanol–water partition coefficient (Wildman–Crippen LogP) is 3.03. The quantitative estimate of drug-likeness (QED) is 0.720. The molecule has 0 heterocycles. The summed E-state index contributed by atoms with van der Waals surface area (Å²) >= 11 is 0. The highest BCUT2D eigenvalue weighted by molar-refractivity contribution is 5.94. The van der Waals surface area contributed by atoms with Gasteiger partial charge in [-0.2, -0.15) is 13.2 Å². The van der Waals surface area contributed by atoms with Gasteiger partial charge >= 0.3 is 6.18 Å². The average Bonchev–Trinajstić information content (AvgIpc) is 2.59. The van der Waals surface area contributed by atoms with Gasteiger partial charge in [0, 0.05) is 18.5 Å². The molecule has 0 aliphatic heterocycles. The summed E-state index contributed by atoms with van der Waals surface area (Å²) in [6.45, 7) is -0.110. The molecule has 0 saturated carbocycles. The molecule has 0 spiro atoms. The van der Waals surface area contributed by atoms with Crippen LogP contribution >= 0.6 is 0 Å². The van der Waals surface area contributed by atoms with Gasteiger partial charge in [0.25, 0.3) is 5.91 Å². The number of ether oxygens (including phenoxy) is 1. The standard InChI is InChI=1S/C18H16F4N2O3/c19-14-9-12(17(26)24-8-7-16(23)25)3-6-15(14)27-10-11-1-4-13(5-2-11)18(20,21)22/h1-6,9H,7-8,10H2,(H2,23,25)(H,24,26). The van der Waals surface area contributed by atoms with Crippen LogP contribution in [0.25, 0.3) is 0 Å². The van der Waals surface area contributed by atoms with E-state index in [0.717, 1.165) is 18.2 Å². The molecule has 0 atom stereocenters. The van der Waals surface area contributed by atoms with E-state index in [4.69, 9.17) is 10.5 Å². The van der Waals surface area contributed by atoms with E-state index in [2.05, 4.69) is 5.32 Å². The molecule has 0 unspecified atom stereocenters. The molecule has 0 aliphatic rings. The maximum atomic E-state index is 14.1. The van der Waals surface area contributed by atoms with Gasteiger partial charge in [0.1, 0.15) is 6.61 Å². The number of rotatable bonds is 7. The third kappa shape index (κ3) is 5.98. The second-order valence-electron chi connectivity index (χ2n) is 5.60. The molecule has 0 fully saturated rings. The summed E-state index contributed by atoms with van der Waals surface area (Å²) < 4.78 is 56.8. The predicted molar refractivity (Wildman–Crippen MR) is 88.3 cm³/mol. The number of carbonyl (C=O) groups excluding carboxylic acids is 2. The van der Waals surface area contributed by atoms with Crippen LogP contribution < -0.4 is 15.8 Å². The maximum Gasteiger partial charge on any atom is 0.416 e. The summed E-state index contributed by atoms with van der Waals surface area (Å²) in [6.07, 6.45) is -4.47. The van der Waals surface area contributed by atoms with Crippen molar-refractivity contribution in [2.75, 3.05) is 6.54 Å². The Morgan fingerprint density at radius 1 is 1.07 bits per heavy atom. The largest absolute Gasteiger partial charge is 0.486 e. The van der Waals surface area contributed by atoms with Crippen LogP contribution in [0.5, 0.6) is 5.75 Å². The summed E-state index contributed by atoms with van der Waals surface area (Å²) in [5.41, 5.74) is 4.62. The van der Waals surface area contributed by atoms with E-state index in [1.165, 1.54) is 24.3 Å². The van der Waals surface area contributed by atoms with Gasteiger partial charge in [-0.25, -0.2) is 4.39 Å². The molecule has 2 rings (SSSR count). The first kappa shape index (κ1) is 20.2. The molecular weight excluding hydrogens is 368 g/mol. The van der Waals surface area contributed by atoms with E-state index >= 15 is 0 Å². The van der Waals surface area contributed by atoms with E-state index < -0.39 is 29.4 Å². The Kier molecular flexibility index (Phi) is 6.38. The molecule has 144 valence electrons. The molecule has 0 bridgehead atoms. The zero-order valence-corrected chi connectivity index (χ0v) is 14.0. The number of carbonyl (C=O) groups is 2. The van der Waals surface area contributed by atoms with Crippen LogP contribution in [0.3, 0.4) is 0 Å². The lowest BCUT2D eigenvalue weighted by Gasteiger charge is -2.10. The van der Waals surface area contributed by atoms with Crippen molar-refractivity contribution in [3.8, 4) is 5.75 Å². The van der Waals surface area contributed by atoms with Crippen molar-refractivity contribution in [1.82, 2.24) is 5.32 Å². The van der Waals surface area contributed by atoms with Gasteiger partial charge in [-0.3, -0.25) is 9.59 Å². The van der Waals surface area contributed by atoms with Crippen molar-refractivity contribution in [2.45, 2.75) is 19.2 Å². The van der Waals surface area contributed by atoms with Gasteiger partial charge in [0.15, 0.2) is 11.6 Å². The van der Waals surface area contributed by atoms with Crippen molar-refractivity contribution in [2.24, 2.45) is 5.73 Å².